The van der Waals surface area contributed by atoms with Crippen molar-refractivity contribution in [1.82, 2.24) is 0 Å². The fourth-order valence-corrected chi connectivity index (χ4v) is 3.89. The van der Waals surface area contributed by atoms with E-state index < -0.39 is 5.97 Å². The summed E-state index contributed by atoms with van der Waals surface area (Å²) in [6, 6.07) is 0. The second-order valence-corrected chi connectivity index (χ2v) is 5.69. The van der Waals surface area contributed by atoms with Crippen molar-refractivity contribution in [2.45, 2.75) is 43.8 Å². The van der Waals surface area contributed by atoms with Gasteiger partial charge in [-0.05, 0) is 25.2 Å². The number of nitrogens with two attached hydrogens (primary N) is 1. The Balaban J connectivity index is 1.96. The van der Waals surface area contributed by atoms with Gasteiger partial charge in [0.15, 0.2) is 0 Å². The number of hydrogen-bond acceptors (Lipinski definition) is 3. The summed E-state index contributed by atoms with van der Waals surface area (Å²) in [4.78, 5) is 10.9. The number of carboxylic acid groups (broad SMARTS) is 1. The van der Waals surface area contributed by atoms with Crippen molar-refractivity contribution in [3.8, 4) is 0 Å². The van der Waals surface area contributed by atoms with Gasteiger partial charge < -0.3 is 10.8 Å². The third kappa shape index (κ3) is 2.30. The van der Waals surface area contributed by atoms with Crippen molar-refractivity contribution in [2.24, 2.45) is 11.7 Å². The van der Waals surface area contributed by atoms with Crippen LogP contribution < -0.4 is 5.73 Å². The van der Waals surface area contributed by atoms with Crippen molar-refractivity contribution in [1.29, 1.82) is 0 Å². The van der Waals surface area contributed by atoms with E-state index >= 15 is 0 Å². The van der Waals surface area contributed by atoms with Crippen LogP contribution in [0.5, 0.6) is 0 Å². The predicted octanol–water partition coefficient (Wildman–Crippen LogP) is 2.33. The van der Waals surface area contributed by atoms with Gasteiger partial charge in [-0.2, -0.15) is 0 Å². The lowest BCUT2D eigenvalue weighted by atomic mass is 9.85. The molecule has 1 aliphatic carbocycles. The van der Waals surface area contributed by atoms with Crippen molar-refractivity contribution in [3.05, 3.63) is 10.6 Å². The van der Waals surface area contributed by atoms with Crippen LogP contribution in [0, 0.1) is 5.92 Å². The maximum absolute atomic E-state index is 10.9. The number of rotatable bonds is 2. The summed E-state index contributed by atoms with van der Waals surface area (Å²) >= 11 is 1.59. The Hall–Kier alpha value is -0.640. The molecule has 2 aliphatic rings. The molecule has 0 aromatic rings. The Bertz CT molecular complexity index is 295. The number of hydrogen-bond donors (Lipinski definition) is 2. The first-order chi connectivity index (χ1) is 7.18. The molecule has 84 valence electrons. The van der Waals surface area contributed by atoms with E-state index in [1.807, 2.05) is 0 Å². The second-order valence-electron chi connectivity index (χ2n) is 4.41. The van der Waals surface area contributed by atoms with E-state index in [0.717, 1.165) is 0 Å². The Labute approximate surface area is 94.1 Å². The molecule has 0 spiro atoms. The summed E-state index contributed by atoms with van der Waals surface area (Å²) in [5.74, 6) is -0.155. The fraction of sp³-hybridized carbons (Fsp3) is 0.727. The van der Waals surface area contributed by atoms with E-state index in [4.69, 9.17) is 10.8 Å². The molecule has 15 heavy (non-hydrogen) atoms. The van der Waals surface area contributed by atoms with Crippen LogP contribution in [-0.4, -0.2) is 16.3 Å². The van der Waals surface area contributed by atoms with Crippen molar-refractivity contribution in [2.75, 3.05) is 0 Å². The first kappa shape index (κ1) is 10.9. The van der Waals surface area contributed by atoms with Gasteiger partial charge in [0.05, 0.1) is 10.6 Å². The molecule has 1 unspecified atom stereocenters. The third-order valence-corrected chi connectivity index (χ3v) is 4.77. The molecule has 0 bridgehead atoms. The topological polar surface area (TPSA) is 63.3 Å². The lowest BCUT2D eigenvalue weighted by molar-refractivity contribution is -0.132. The predicted molar refractivity (Wildman–Crippen MR) is 61.4 cm³/mol. The molecule has 0 aromatic heterocycles. The summed E-state index contributed by atoms with van der Waals surface area (Å²) < 4.78 is 0. The summed E-state index contributed by atoms with van der Waals surface area (Å²) in [5.41, 5.74) is 6.18. The number of carbonyl (C=O) groups is 1. The molecule has 1 saturated carbocycles. The normalized spacial score (nSPS) is 28.4. The fourth-order valence-electron chi connectivity index (χ4n) is 2.54. The molecule has 2 rings (SSSR count). The maximum atomic E-state index is 10.9. The highest BCUT2D eigenvalue weighted by Crippen LogP contribution is 2.43. The monoisotopic (exact) mass is 227 g/mol. The second kappa shape index (κ2) is 4.47. The smallest absolute Gasteiger partial charge is 0.334 e. The molecule has 3 nitrogen and oxygen atoms in total. The zero-order valence-electron chi connectivity index (χ0n) is 8.74. The van der Waals surface area contributed by atoms with Crippen LogP contribution in [0.15, 0.2) is 10.6 Å². The van der Waals surface area contributed by atoms with Crippen molar-refractivity contribution >= 4 is 17.7 Å². The van der Waals surface area contributed by atoms with Crippen LogP contribution in [0.2, 0.25) is 0 Å². The summed E-state index contributed by atoms with van der Waals surface area (Å²) in [7, 11) is 0. The SMILES string of the molecule is NC1=C(C(=O)O)CC(C2CCCCC2)S1. The van der Waals surface area contributed by atoms with E-state index in [2.05, 4.69) is 0 Å². The minimum atomic E-state index is -0.835. The van der Waals surface area contributed by atoms with Crippen LogP contribution in [0.3, 0.4) is 0 Å². The third-order valence-electron chi connectivity index (χ3n) is 3.41. The minimum absolute atomic E-state index is 0.427. The largest absolute Gasteiger partial charge is 0.478 e. The van der Waals surface area contributed by atoms with Crippen LogP contribution in [0.25, 0.3) is 0 Å². The van der Waals surface area contributed by atoms with Crippen LogP contribution >= 0.6 is 11.8 Å². The Kier molecular flexibility index (Phi) is 3.24. The van der Waals surface area contributed by atoms with E-state index in [1.165, 1.54) is 32.1 Å². The van der Waals surface area contributed by atoms with Gasteiger partial charge in [-0.25, -0.2) is 4.79 Å². The molecule has 1 fully saturated rings. The Morgan fingerprint density at radius 3 is 2.53 bits per heavy atom. The van der Waals surface area contributed by atoms with Gasteiger partial charge in [0.2, 0.25) is 0 Å². The van der Waals surface area contributed by atoms with Gasteiger partial charge in [-0.3, -0.25) is 0 Å². The van der Waals surface area contributed by atoms with E-state index in [9.17, 15) is 4.79 Å². The molecule has 1 atom stereocenters. The van der Waals surface area contributed by atoms with Gasteiger partial charge in [-0.15, -0.1) is 11.8 Å². The number of aliphatic carboxylic acids is 1. The van der Waals surface area contributed by atoms with Gasteiger partial charge in [0.25, 0.3) is 0 Å². The van der Waals surface area contributed by atoms with Gasteiger partial charge in [-0.1, -0.05) is 19.3 Å². The zero-order valence-corrected chi connectivity index (χ0v) is 9.55. The quantitative estimate of drug-likeness (QED) is 0.760. The Morgan fingerprint density at radius 1 is 1.33 bits per heavy atom. The summed E-state index contributed by atoms with van der Waals surface area (Å²) in [5, 5.41) is 9.92. The van der Waals surface area contributed by atoms with Crippen molar-refractivity contribution in [3.63, 3.8) is 0 Å². The standard InChI is InChI=1S/C11H17NO2S/c12-10-8(11(13)14)6-9(15-10)7-4-2-1-3-5-7/h7,9H,1-6,12H2,(H,13,14). The first-order valence-corrected chi connectivity index (χ1v) is 6.45. The Morgan fingerprint density at radius 2 is 2.00 bits per heavy atom. The molecular weight excluding hydrogens is 210 g/mol. The number of thioether (sulfide) groups is 1. The van der Waals surface area contributed by atoms with Crippen LogP contribution in [-0.2, 0) is 4.79 Å². The van der Waals surface area contributed by atoms with E-state index in [0.29, 0.717) is 28.2 Å². The van der Waals surface area contributed by atoms with Gasteiger partial charge in [0, 0.05) is 5.25 Å². The van der Waals surface area contributed by atoms with Gasteiger partial charge in [0.1, 0.15) is 0 Å². The highest BCUT2D eigenvalue weighted by atomic mass is 32.2. The average Bonchev–Trinajstić information content (AvgIpc) is 2.62. The zero-order chi connectivity index (χ0) is 10.8. The van der Waals surface area contributed by atoms with Gasteiger partial charge >= 0.3 is 5.97 Å². The average molecular weight is 227 g/mol. The van der Waals surface area contributed by atoms with Crippen molar-refractivity contribution < 1.29 is 9.90 Å². The summed E-state index contributed by atoms with van der Waals surface area (Å²) in [6.45, 7) is 0. The summed E-state index contributed by atoms with van der Waals surface area (Å²) in [6.07, 6.45) is 7.09. The molecule has 0 radical (unpaired) electrons. The molecule has 0 amide bonds. The maximum Gasteiger partial charge on any atom is 0.334 e. The molecule has 1 aliphatic heterocycles. The molecule has 0 saturated heterocycles. The highest BCUT2D eigenvalue weighted by Gasteiger charge is 2.33. The molecule has 1 heterocycles. The lowest BCUT2D eigenvalue weighted by Gasteiger charge is -2.26. The first-order valence-electron chi connectivity index (χ1n) is 5.57. The lowest BCUT2D eigenvalue weighted by Crippen LogP contribution is -2.19. The molecule has 0 aromatic carbocycles. The van der Waals surface area contributed by atoms with E-state index in [-0.39, 0.29) is 0 Å². The molecule has 4 heteroatoms. The van der Waals surface area contributed by atoms with E-state index in [1.54, 1.807) is 11.8 Å². The van der Waals surface area contributed by atoms with Crippen LogP contribution in [0.4, 0.5) is 0 Å². The van der Waals surface area contributed by atoms with Crippen LogP contribution in [0.1, 0.15) is 38.5 Å². The minimum Gasteiger partial charge on any atom is -0.478 e. The molecule has 3 N–H and O–H groups in total. The highest BCUT2D eigenvalue weighted by molar-refractivity contribution is 8.03. The molecular formula is C11H17NO2S. The number of carboxylic acids is 1.